The number of nitro benzene ring substituents is 1. The number of imide groups is 1. The minimum Gasteiger partial charge on any atom is -0.491 e. The third-order valence-electron chi connectivity index (χ3n) is 15.0. The van der Waals surface area contributed by atoms with E-state index >= 15 is 19.2 Å². The van der Waals surface area contributed by atoms with Gasteiger partial charge in [-0.3, -0.25) is 29.4 Å². The number of fused-ring (bicyclic) bond motifs is 4. The van der Waals surface area contributed by atoms with Crippen LogP contribution in [0.2, 0.25) is 0 Å². The number of aliphatic hydroxyl groups is 1. The Morgan fingerprint density at radius 1 is 0.789 bits per heavy atom. The third-order valence-corrected chi connectivity index (χ3v) is 15.0. The van der Waals surface area contributed by atoms with E-state index in [2.05, 4.69) is 22.2 Å². The van der Waals surface area contributed by atoms with Crippen LogP contribution in [0, 0.1) is 27.9 Å². The van der Waals surface area contributed by atoms with Crippen LogP contribution in [0.25, 0.3) is 11.0 Å². The summed E-state index contributed by atoms with van der Waals surface area (Å²) in [6, 6.07) is 40.7. The maximum Gasteiger partial charge on any atom is 0.421 e. The molecule has 6 atom stereocenters. The zero-order valence-electron chi connectivity index (χ0n) is 41.4. The van der Waals surface area contributed by atoms with Crippen molar-refractivity contribution < 1.29 is 43.4 Å². The first-order valence-electron chi connectivity index (χ1n) is 25.5. The zero-order chi connectivity index (χ0) is 52.3. The number of likely N-dealkylation sites (tertiary alicyclic amines) is 1. The van der Waals surface area contributed by atoms with Crippen LogP contribution in [0.1, 0.15) is 83.7 Å². The van der Waals surface area contributed by atoms with Gasteiger partial charge in [0.1, 0.15) is 48.6 Å². The van der Waals surface area contributed by atoms with Gasteiger partial charge >= 0.3 is 12.1 Å². The number of para-hydroxylation sites is 1. The Hall–Kier alpha value is -8.72. The maximum absolute atomic E-state index is 16.9. The Bertz CT molecular complexity index is 3390. The highest BCUT2D eigenvalue weighted by Crippen LogP contribution is 2.66. The number of non-ortho nitro benzene ring substituents is 1. The topological polar surface area (TPSA) is 200 Å². The number of anilines is 1. The first-order valence-corrected chi connectivity index (χ1v) is 25.5. The molecule has 6 unspecified atom stereocenters. The van der Waals surface area contributed by atoms with Gasteiger partial charge in [-0.15, -0.1) is 5.10 Å². The van der Waals surface area contributed by atoms with Crippen molar-refractivity contribution >= 4 is 46.3 Å². The molecule has 76 heavy (non-hydrogen) atoms. The van der Waals surface area contributed by atoms with Gasteiger partial charge in [0.25, 0.3) is 5.69 Å². The van der Waals surface area contributed by atoms with Crippen LogP contribution in [-0.4, -0.2) is 91.0 Å². The van der Waals surface area contributed by atoms with Crippen molar-refractivity contribution in [2.24, 2.45) is 5.92 Å². The lowest BCUT2D eigenvalue weighted by Crippen LogP contribution is -2.56. The Morgan fingerprint density at radius 2 is 1.49 bits per heavy atom. The van der Waals surface area contributed by atoms with Gasteiger partial charge in [-0.25, -0.2) is 14.4 Å². The van der Waals surface area contributed by atoms with E-state index in [1.807, 2.05) is 95.9 Å². The molecule has 4 aliphatic rings. The van der Waals surface area contributed by atoms with Gasteiger partial charge in [0.15, 0.2) is 0 Å². The number of cyclic esters (lactones) is 1. The minimum atomic E-state index is -2.08. The fourth-order valence-corrected chi connectivity index (χ4v) is 11.7. The largest absolute Gasteiger partial charge is 0.491 e. The molecule has 17 heteroatoms. The number of ether oxygens (including phenoxy) is 3. The van der Waals surface area contributed by atoms with E-state index in [4.69, 9.17) is 14.2 Å². The predicted octanol–water partition coefficient (Wildman–Crippen LogP) is 8.56. The van der Waals surface area contributed by atoms with Crippen molar-refractivity contribution in [3.8, 4) is 17.6 Å². The summed E-state index contributed by atoms with van der Waals surface area (Å²) in [4.78, 5) is 79.7. The number of esters is 1. The highest BCUT2D eigenvalue weighted by atomic mass is 16.6. The summed E-state index contributed by atoms with van der Waals surface area (Å²) < 4.78 is 20.4. The second-order valence-electron chi connectivity index (χ2n) is 19.4. The lowest BCUT2D eigenvalue weighted by atomic mass is 9.64. The molecule has 3 saturated heterocycles. The second-order valence-corrected chi connectivity index (χ2v) is 19.4. The first kappa shape index (κ1) is 49.5. The number of hydrogen-bond donors (Lipinski definition) is 1. The Morgan fingerprint density at radius 3 is 2.22 bits per heavy atom. The van der Waals surface area contributed by atoms with Crippen LogP contribution in [0.3, 0.4) is 0 Å². The van der Waals surface area contributed by atoms with Gasteiger partial charge in [-0.1, -0.05) is 121 Å². The normalized spacial score (nSPS) is 22.2. The monoisotopic (exact) mass is 1020 g/mol. The van der Waals surface area contributed by atoms with Crippen LogP contribution in [-0.2, 0) is 42.4 Å². The van der Waals surface area contributed by atoms with Gasteiger partial charge in [0, 0.05) is 30.8 Å². The van der Waals surface area contributed by atoms with Crippen molar-refractivity contribution in [1.82, 2.24) is 24.8 Å². The van der Waals surface area contributed by atoms with Crippen LogP contribution in [0.4, 0.5) is 16.2 Å². The molecule has 5 heterocycles. The fraction of sp³-hybridized carbons (Fsp3) is 0.288. The van der Waals surface area contributed by atoms with Crippen LogP contribution < -0.4 is 9.64 Å². The fourth-order valence-electron chi connectivity index (χ4n) is 11.7. The first-order chi connectivity index (χ1) is 37.2. The average molecular weight is 1020 g/mol. The predicted molar refractivity (Wildman–Crippen MR) is 278 cm³/mol. The van der Waals surface area contributed by atoms with Crippen molar-refractivity contribution in [3.05, 3.63) is 195 Å². The summed E-state index contributed by atoms with van der Waals surface area (Å²) in [5.41, 5.74) is 2.43. The summed E-state index contributed by atoms with van der Waals surface area (Å²) in [6.45, 7) is 0.230. The third kappa shape index (κ3) is 8.98. The highest BCUT2D eigenvalue weighted by Gasteiger charge is 2.76. The number of carbonyl (C=O) groups excluding carboxylic acids is 4. The smallest absolute Gasteiger partial charge is 0.421 e. The molecule has 4 aliphatic heterocycles. The standard InChI is InChI=1S/C59H53N7O10/c67-34-35-74-45-22-14-21-43(37-45)54-59(50(55(68)62-31-12-2-1-3-13-32-62)52-56(69)76-53(42-19-8-5-9-20-42)51(65(52)54)41-17-6-4-7-18-41)46-36-39(16-15-33-63-49-24-11-10-23-47(49)60-61-63)27-30-48(46)64(57(59)70)58(71)75-38-40-25-28-44(29-26-40)66(72)73/h4-11,14,17-30,36-37,50-54,67H,1-3,12-13,31-35,38H2. The number of nitrogens with zero attached hydrogens (tertiary/aromatic N) is 7. The van der Waals surface area contributed by atoms with Gasteiger partial charge in [-0.2, -0.15) is 0 Å². The molecule has 0 bridgehead atoms. The van der Waals surface area contributed by atoms with Crippen LogP contribution in [0.5, 0.6) is 5.75 Å². The van der Waals surface area contributed by atoms with Crippen molar-refractivity contribution in [2.45, 2.75) is 74.9 Å². The second kappa shape index (κ2) is 21.3. The van der Waals surface area contributed by atoms with E-state index in [0.717, 1.165) is 35.2 Å². The number of morpholine rings is 1. The molecule has 7 aromatic rings. The van der Waals surface area contributed by atoms with Crippen LogP contribution >= 0.6 is 0 Å². The van der Waals surface area contributed by atoms with Crippen molar-refractivity contribution in [2.75, 3.05) is 31.2 Å². The number of aromatic nitrogens is 3. The molecule has 3 amide bonds. The summed E-state index contributed by atoms with van der Waals surface area (Å²) in [5.74, 6) is 3.38. The molecule has 6 aromatic carbocycles. The number of aliphatic hydroxyl groups excluding tert-OH is 1. The van der Waals surface area contributed by atoms with E-state index in [-0.39, 0.29) is 43.3 Å². The Kier molecular flexibility index (Phi) is 13.8. The zero-order valence-corrected chi connectivity index (χ0v) is 41.4. The van der Waals surface area contributed by atoms with E-state index in [1.165, 1.54) is 24.3 Å². The highest BCUT2D eigenvalue weighted by molar-refractivity contribution is 6.23. The van der Waals surface area contributed by atoms with Crippen molar-refractivity contribution in [1.29, 1.82) is 0 Å². The Balaban J connectivity index is 1.16. The molecule has 11 rings (SSSR count). The van der Waals surface area contributed by atoms with E-state index < -0.39 is 64.4 Å². The number of nitro groups is 1. The quantitative estimate of drug-likeness (QED) is 0.0560. The van der Waals surface area contributed by atoms with E-state index in [0.29, 0.717) is 59.5 Å². The van der Waals surface area contributed by atoms with E-state index in [1.54, 1.807) is 46.0 Å². The number of carbonyl (C=O) groups is 4. The van der Waals surface area contributed by atoms with Crippen LogP contribution in [0.15, 0.2) is 152 Å². The molecular formula is C59H53N7O10. The molecule has 0 saturated carbocycles. The average Bonchev–Trinajstić information content (AvgIpc) is 4.28. The maximum atomic E-state index is 16.9. The minimum absolute atomic E-state index is 0.0424. The molecule has 0 aliphatic carbocycles. The van der Waals surface area contributed by atoms with Gasteiger partial charge in [0.05, 0.1) is 40.7 Å². The summed E-state index contributed by atoms with van der Waals surface area (Å²) >= 11 is 0. The molecule has 17 nitrogen and oxygen atoms in total. The van der Waals surface area contributed by atoms with Gasteiger partial charge < -0.3 is 24.2 Å². The van der Waals surface area contributed by atoms with Gasteiger partial charge in [-0.05, 0) is 95.3 Å². The molecule has 1 spiro atoms. The number of amides is 3. The summed E-state index contributed by atoms with van der Waals surface area (Å²) in [7, 11) is 0. The number of hydrogen-bond acceptors (Lipinski definition) is 13. The molecule has 1 N–H and O–H groups in total. The molecular weight excluding hydrogens is 967 g/mol. The van der Waals surface area contributed by atoms with E-state index in [9.17, 15) is 15.2 Å². The summed E-state index contributed by atoms with van der Waals surface area (Å²) in [6.07, 6.45) is 2.17. The lowest BCUT2D eigenvalue weighted by Gasteiger charge is -2.46. The van der Waals surface area contributed by atoms with Crippen molar-refractivity contribution in [3.63, 3.8) is 0 Å². The molecule has 0 radical (unpaired) electrons. The summed E-state index contributed by atoms with van der Waals surface area (Å²) in [5, 5.41) is 30.0. The SMILES string of the molecule is O=C1OC(c2ccccc2)C(c2ccccc2)N2C1C(C(=O)N1CCCCCCC1)C1(C(=O)N(C(=O)OCc3ccc([N+](=O)[O-])cc3)c3ccc(C#CCn4nnc5ccccc54)cc31)C2c1cccc(OCCO)c1. The lowest BCUT2D eigenvalue weighted by molar-refractivity contribution is -0.384. The molecule has 3 fully saturated rings. The molecule has 384 valence electrons. The number of rotatable bonds is 11. The van der Waals surface area contributed by atoms with Gasteiger partial charge in [0.2, 0.25) is 11.8 Å². The molecule has 1 aromatic heterocycles. The Labute approximate surface area is 437 Å². The number of benzene rings is 6.